The van der Waals surface area contributed by atoms with Gasteiger partial charge in [0.1, 0.15) is 10.5 Å². The number of fused-ring (bicyclic) bond motifs is 1. The van der Waals surface area contributed by atoms with Crippen LogP contribution in [0, 0.1) is 11.3 Å². The molecule has 5 rings (SSSR count). The standard InChI is InChI=1S/C19H24N4O4S/c24-16(23-12-19(5-8-27-9-6-19)17(23)13-3-4-13)11-22-28(25,26)15-10-21-18-14(15)2-1-7-20-18/h1-2,7,10,13,17,22H,3-6,8-9,11-12H2,(H,20,21). The average Bonchev–Trinajstić information content (AvgIpc) is 3.40. The van der Waals surface area contributed by atoms with Gasteiger partial charge in [0, 0.05) is 49.0 Å². The van der Waals surface area contributed by atoms with Crippen LogP contribution in [0.25, 0.3) is 11.0 Å². The van der Waals surface area contributed by atoms with Gasteiger partial charge < -0.3 is 14.6 Å². The van der Waals surface area contributed by atoms with Crippen molar-refractivity contribution in [3.05, 3.63) is 24.5 Å². The maximum atomic E-state index is 12.8. The summed E-state index contributed by atoms with van der Waals surface area (Å²) in [4.78, 5) is 21.8. The third-order valence-electron chi connectivity index (χ3n) is 6.44. The number of H-pyrrole nitrogens is 1. The highest BCUT2D eigenvalue weighted by atomic mass is 32.2. The van der Waals surface area contributed by atoms with Crippen molar-refractivity contribution in [3.8, 4) is 0 Å². The number of sulfonamides is 1. The molecule has 2 saturated heterocycles. The fourth-order valence-electron chi connectivity index (χ4n) is 4.88. The van der Waals surface area contributed by atoms with Crippen LogP contribution in [-0.4, -0.2) is 61.5 Å². The SMILES string of the molecule is O=C(CNS(=O)(=O)c1c[nH]c2ncccc12)N1CC2(CCOCC2)C1C1CC1. The second-order valence-corrected chi connectivity index (χ2v) is 9.89. The highest BCUT2D eigenvalue weighted by Gasteiger charge is 2.59. The molecule has 0 aromatic carbocycles. The second kappa shape index (κ2) is 6.53. The minimum Gasteiger partial charge on any atom is -0.381 e. The van der Waals surface area contributed by atoms with Crippen LogP contribution in [0.15, 0.2) is 29.4 Å². The number of carbonyl (C=O) groups excluding carboxylic acids is 1. The van der Waals surface area contributed by atoms with E-state index in [1.807, 2.05) is 4.90 Å². The molecular formula is C19H24N4O4S. The molecule has 9 heteroatoms. The number of amides is 1. The molecule has 3 aliphatic rings. The Morgan fingerprint density at radius 1 is 1.36 bits per heavy atom. The monoisotopic (exact) mass is 404 g/mol. The van der Waals surface area contributed by atoms with E-state index in [0.717, 1.165) is 45.4 Å². The number of aromatic amines is 1. The molecule has 0 radical (unpaired) electrons. The zero-order chi connectivity index (χ0) is 19.4. The Morgan fingerprint density at radius 2 is 2.14 bits per heavy atom. The topological polar surface area (TPSA) is 104 Å². The summed E-state index contributed by atoms with van der Waals surface area (Å²) in [6.45, 7) is 2.01. The van der Waals surface area contributed by atoms with E-state index in [1.54, 1.807) is 18.3 Å². The number of hydrogen-bond donors (Lipinski definition) is 2. The number of rotatable bonds is 5. The Kier molecular flexibility index (Phi) is 4.22. The number of hydrogen-bond acceptors (Lipinski definition) is 5. The van der Waals surface area contributed by atoms with Gasteiger partial charge >= 0.3 is 0 Å². The molecule has 0 bridgehead atoms. The summed E-state index contributed by atoms with van der Waals surface area (Å²) < 4.78 is 33.4. The van der Waals surface area contributed by atoms with Gasteiger partial charge in [-0.1, -0.05) is 0 Å². The van der Waals surface area contributed by atoms with Gasteiger partial charge in [-0.15, -0.1) is 0 Å². The van der Waals surface area contributed by atoms with Crippen LogP contribution < -0.4 is 4.72 Å². The third-order valence-corrected chi connectivity index (χ3v) is 7.88. The lowest BCUT2D eigenvalue weighted by molar-refractivity contribution is -0.170. The molecule has 1 atom stereocenters. The fourth-order valence-corrected chi connectivity index (χ4v) is 6.02. The van der Waals surface area contributed by atoms with E-state index >= 15 is 0 Å². The Hall–Kier alpha value is -1.97. The molecule has 8 nitrogen and oxygen atoms in total. The zero-order valence-corrected chi connectivity index (χ0v) is 16.4. The first-order chi connectivity index (χ1) is 13.5. The molecule has 2 aromatic heterocycles. The number of ether oxygens (including phenoxy) is 1. The lowest BCUT2D eigenvalue weighted by atomic mass is 9.64. The molecule has 28 heavy (non-hydrogen) atoms. The average molecular weight is 404 g/mol. The number of likely N-dealkylation sites (tertiary alicyclic amines) is 1. The van der Waals surface area contributed by atoms with E-state index in [1.165, 1.54) is 6.20 Å². The summed E-state index contributed by atoms with van der Waals surface area (Å²) in [6, 6.07) is 3.63. The zero-order valence-electron chi connectivity index (χ0n) is 15.6. The molecule has 1 amide bonds. The summed E-state index contributed by atoms with van der Waals surface area (Å²) >= 11 is 0. The molecule has 2 aromatic rings. The lowest BCUT2D eigenvalue weighted by Gasteiger charge is -2.59. The highest BCUT2D eigenvalue weighted by Crippen LogP contribution is 2.54. The largest absolute Gasteiger partial charge is 0.381 e. The van der Waals surface area contributed by atoms with Gasteiger partial charge in [0.25, 0.3) is 0 Å². The summed E-state index contributed by atoms with van der Waals surface area (Å²) in [5, 5.41) is 0.517. The van der Waals surface area contributed by atoms with E-state index in [-0.39, 0.29) is 28.8 Å². The Bertz CT molecular complexity index is 1010. The van der Waals surface area contributed by atoms with Crippen LogP contribution in [0.5, 0.6) is 0 Å². The lowest BCUT2D eigenvalue weighted by Crippen LogP contribution is -2.69. The van der Waals surface area contributed by atoms with Crippen LogP contribution in [0.1, 0.15) is 25.7 Å². The normalized spacial score (nSPS) is 24.4. The molecule has 1 unspecified atom stereocenters. The maximum Gasteiger partial charge on any atom is 0.243 e. The number of nitrogens with one attached hydrogen (secondary N) is 2. The van der Waals surface area contributed by atoms with E-state index in [2.05, 4.69) is 14.7 Å². The van der Waals surface area contributed by atoms with Gasteiger partial charge in [-0.3, -0.25) is 4.79 Å². The van der Waals surface area contributed by atoms with Crippen molar-refractivity contribution < 1.29 is 17.9 Å². The van der Waals surface area contributed by atoms with Crippen molar-refractivity contribution >= 4 is 27.0 Å². The van der Waals surface area contributed by atoms with Crippen molar-refractivity contribution in [1.82, 2.24) is 19.6 Å². The molecular weight excluding hydrogens is 380 g/mol. The van der Waals surface area contributed by atoms with E-state index in [9.17, 15) is 13.2 Å². The van der Waals surface area contributed by atoms with Gasteiger partial charge in [-0.2, -0.15) is 0 Å². The van der Waals surface area contributed by atoms with E-state index in [0.29, 0.717) is 17.0 Å². The van der Waals surface area contributed by atoms with Crippen molar-refractivity contribution in [1.29, 1.82) is 0 Å². The van der Waals surface area contributed by atoms with Gasteiger partial charge in [0.15, 0.2) is 0 Å². The minimum absolute atomic E-state index is 0.117. The Balaban J connectivity index is 1.28. The summed E-state index contributed by atoms with van der Waals surface area (Å²) in [5.74, 6) is 0.419. The van der Waals surface area contributed by atoms with Gasteiger partial charge in [-0.05, 0) is 43.7 Å². The predicted octanol–water partition coefficient (Wildman–Crippen LogP) is 1.26. The van der Waals surface area contributed by atoms with Gasteiger partial charge in [0.2, 0.25) is 15.9 Å². The minimum atomic E-state index is -3.80. The Morgan fingerprint density at radius 3 is 2.89 bits per heavy atom. The van der Waals surface area contributed by atoms with Gasteiger partial charge in [-0.25, -0.2) is 18.1 Å². The smallest absolute Gasteiger partial charge is 0.243 e. The molecule has 1 spiro atoms. The summed E-state index contributed by atoms with van der Waals surface area (Å²) in [5.41, 5.74) is 0.684. The number of carbonyl (C=O) groups is 1. The number of pyridine rings is 1. The molecule has 3 fully saturated rings. The van der Waals surface area contributed by atoms with Crippen LogP contribution in [0.3, 0.4) is 0 Å². The summed E-state index contributed by atoms with van der Waals surface area (Å²) in [6.07, 6.45) is 7.31. The van der Waals surface area contributed by atoms with Crippen molar-refractivity contribution in [3.63, 3.8) is 0 Å². The van der Waals surface area contributed by atoms with Gasteiger partial charge in [0.05, 0.1) is 6.54 Å². The maximum absolute atomic E-state index is 12.8. The first-order valence-electron chi connectivity index (χ1n) is 9.79. The van der Waals surface area contributed by atoms with Crippen LogP contribution in [0.4, 0.5) is 0 Å². The summed E-state index contributed by atoms with van der Waals surface area (Å²) in [7, 11) is -3.80. The molecule has 2 aliphatic heterocycles. The Labute approximate surface area is 163 Å². The predicted molar refractivity (Wildman–Crippen MR) is 102 cm³/mol. The van der Waals surface area contributed by atoms with E-state index in [4.69, 9.17) is 4.74 Å². The third kappa shape index (κ3) is 2.92. The van der Waals surface area contributed by atoms with Crippen LogP contribution in [-0.2, 0) is 19.6 Å². The number of aromatic nitrogens is 2. The number of nitrogens with zero attached hydrogens (tertiary/aromatic N) is 2. The van der Waals surface area contributed by atoms with E-state index < -0.39 is 10.0 Å². The van der Waals surface area contributed by atoms with Crippen molar-refractivity contribution in [2.24, 2.45) is 11.3 Å². The van der Waals surface area contributed by atoms with Crippen LogP contribution >= 0.6 is 0 Å². The van der Waals surface area contributed by atoms with Crippen molar-refractivity contribution in [2.75, 3.05) is 26.3 Å². The quantitative estimate of drug-likeness (QED) is 0.781. The molecule has 2 N–H and O–H groups in total. The first kappa shape index (κ1) is 18.1. The molecule has 1 saturated carbocycles. The van der Waals surface area contributed by atoms with Crippen LogP contribution in [0.2, 0.25) is 0 Å². The first-order valence-corrected chi connectivity index (χ1v) is 11.3. The molecule has 4 heterocycles. The second-order valence-electron chi connectivity index (χ2n) is 8.16. The highest BCUT2D eigenvalue weighted by molar-refractivity contribution is 7.89. The molecule has 1 aliphatic carbocycles. The molecule has 150 valence electrons. The fraction of sp³-hybridized carbons (Fsp3) is 0.579. The van der Waals surface area contributed by atoms with Crippen molar-refractivity contribution in [2.45, 2.75) is 36.6 Å².